The first kappa shape index (κ1) is 12.7. The third kappa shape index (κ3) is 3.15. The minimum atomic E-state index is -0.446. The van der Waals surface area contributed by atoms with E-state index in [4.69, 9.17) is 4.74 Å². The van der Waals surface area contributed by atoms with Gasteiger partial charge in [-0.1, -0.05) is 30.3 Å². The lowest BCUT2D eigenvalue weighted by molar-refractivity contribution is -0.143. The summed E-state index contributed by atoms with van der Waals surface area (Å²) in [5, 5.41) is 3.18. The maximum Gasteiger partial charge on any atom is 0.327 e. The highest BCUT2D eigenvalue weighted by atomic mass is 32.1. The number of hydrogen-bond acceptors (Lipinski definition) is 5. The second-order valence-electron chi connectivity index (χ2n) is 3.72. The Labute approximate surface area is 110 Å². The lowest BCUT2D eigenvalue weighted by Gasteiger charge is -2.16. The first-order chi connectivity index (χ1) is 8.81. The molecule has 1 N–H and O–H groups in total. The zero-order valence-corrected chi connectivity index (χ0v) is 10.8. The predicted octanol–water partition coefficient (Wildman–Crippen LogP) is 2.15. The topological polar surface area (TPSA) is 51.2 Å². The number of ether oxygens (including phenoxy) is 1. The van der Waals surface area contributed by atoms with Crippen molar-refractivity contribution in [3.8, 4) is 0 Å². The van der Waals surface area contributed by atoms with Crippen LogP contribution < -0.4 is 5.32 Å². The summed E-state index contributed by atoms with van der Waals surface area (Å²) < 4.78 is 4.82. The second kappa shape index (κ2) is 6.28. The summed E-state index contributed by atoms with van der Waals surface area (Å²) in [6.07, 6.45) is 1.79. The highest BCUT2D eigenvalue weighted by molar-refractivity contribution is 7.09. The molecule has 0 fully saturated rings. The van der Waals surface area contributed by atoms with Crippen molar-refractivity contribution in [3.63, 3.8) is 0 Å². The second-order valence-corrected chi connectivity index (χ2v) is 4.69. The number of carbonyl (C=O) groups excluding carboxylic acids is 1. The lowest BCUT2D eigenvalue weighted by atomic mass is 10.1. The SMILES string of the molecule is COC(=O)C(NCc1cncs1)c1ccccc1. The Morgan fingerprint density at radius 1 is 1.44 bits per heavy atom. The Morgan fingerprint density at radius 2 is 2.22 bits per heavy atom. The van der Waals surface area contributed by atoms with Crippen molar-refractivity contribution >= 4 is 17.3 Å². The first-order valence-electron chi connectivity index (χ1n) is 5.55. The van der Waals surface area contributed by atoms with Gasteiger partial charge in [-0.15, -0.1) is 11.3 Å². The molecular weight excluding hydrogens is 248 g/mol. The third-order valence-corrected chi connectivity index (χ3v) is 3.31. The number of hydrogen-bond donors (Lipinski definition) is 1. The van der Waals surface area contributed by atoms with E-state index in [2.05, 4.69) is 10.3 Å². The van der Waals surface area contributed by atoms with Gasteiger partial charge in [0.1, 0.15) is 6.04 Å². The van der Waals surface area contributed by atoms with Crippen molar-refractivity contribution < 1.29 is 9.53 Å². The number of aromatic nitrogens is 1. The highest BCUT2D eigenvalue weighted by Crippen LogP contribution is 2.15. The minimum Gasteiger partial charge on any atom is -0.468 e. The van der Waals surface area contributed by atoms with Crippen LogP contribution in [0, 0.1) is 0 Å². The monoisotopic (exact) mass is 262 g/mol. The van der Waals surface area contributed by atoms with Gasteiger partial charge in [-0.2, -0.15) is 0 Å². The van der Waals surface area contributed by atoms with Gasteiger partial charge in [-0.3, -0.25) is 10.3 Å². The van der Waals surface area contributed by atoms with Crippen LogP contribution >= 0.6 is 11.3 Å². The molecule has 1 unspecified atom stereocenters. The molecule has 0 spiro atoms. The third-order valence-electron chi connectivity index (χ3n) is 2.53. The van der Waals surface area contributed by atoms with Crippen LogP contribution in [0.1, 0.15) is 16.5 Å². The summed E-state index contributed by atoms with van der Waals surface area (Å²) in [5.41, 5.74) is 2.67. The fourth-order valence-corrected chi connectivity index (χ4v) is 2.18. The molecule has 5 heteroatoms. The Morgan fingerprint density at radius 3 is 2.83 bits per heavy atom. The molecule has 0 aliphatic carbocycles. The maximum atomic E-state index is 11.8. The van der Waals surface area contributed by atoms with Gasteiger partial charge in [0.05, 0.1) is 12.6 Å². The van der Waals surface area contributed by atoms with Gasteiger partial charge in [0.15, 0.2) is 0 Å². The molecule has 1 heterocycles. The van der Waals surface area contributed by atoms with Crippen molar-refractivity contribution in [2.45, 2.75) is 12.6 Å². The molecule has 94 valence electrons. The zero-order valence-electron chi connectivity index (χ0n) is 10.00. The number of benzene rings is 1. The van der Waals surface area contributed by atoms with Crippen molar-refractivity contribution in [2.75, 3.05) is 7.11 Å². The van der Waals surface area contributed by atoms with E-state index in [9.17, 15) is 4.79 Å². The molecule has 0 amide bonds. The van der Waals surface area contributed by atoms with E-state index in [0.29, 0.717) is 6.54 Å². The van der Waals surface area contributed by atoms with Gasteiger partial charge in [-0.25, -0.2) is 4.79 Å². The van der Waals surface area contributed by atoms with Gasteiger partial charge in [-0.05, 0) is 5.56 Å². The average Bonchev–Trinajstić information content (AvgIpc) is 2.93. The van der Waals surface area contributed by atoms with E-state index in [1.807, 2.05) is 30.3 Å². The van der Waals surface area contributed by atoms with E-state index in [1.165, 1.54) is 7.11 Å². The van der Waals surface area contributed by atoms with Crippen molar-refractivity contribution in [1.29, 1.82) is 0 Å². The molecule has 1 aromatic heterocycles. The van der Waals surface area contributed by atoms with Crippen molar-refractivity contribution in [3.05, 3.63) is 52.5 Å². The minimum absolute atomic E-state index is 0.286. The standard InChI is InChI=1S/C13H14N2O2S/c1-17-13(16)12(10-5-3-2-4-6-10)15-8-11-7-14-9-18-11/h2-7,9,12,15H,8H2,1H3. The van der Waals surface area contributed by atoms with Crippen LogP contribution in [0.3, 0.4) is 0 Å². The van der Waals surface area contributed by atoms with Gasteiger partial charge in [0.2, 0.25) is 0 Å². The van der Waals surface area contributed by atoms with Gasteiger partial charge >= 0.3 is 5.97 Å². The molecule has 18 heavy (non-hydrogen) atoms. The van der Waals surface area contributed by atoms with Crippen LogP contribution in [0.15, 0.2) is 42.0 Å². The van der Waals surface area contributed by atoms with Crippen molar-refractivity contribution in [2.24, 2.45) is 0 Å². The Kier molecular flexibility index (Phi) is 4.44. The van der Waals surface area contributed by atoms with Crippen LogP contribution in [0.25, 0.3) is 0 Å². The van der Waals surface area contributed by atoms with E-state index in [0.717, 1.165) is 10.4 Å². The molecule has 4 nitrogen and oxygen atoms in total. The highest BCUT2D eigenvalue weighted by Gasteiger charge is 2.20. The van der Waals surface area contributed by atoms with Crippen molar-refractivity contribution in [1.82, 2.24) is 10.3 Å². The zero-order chi connectivity index (χ0) is 12.8. The largest absolute Gasteiger partial charge is 0.468 e. The van der Waals surface area contributed by atoms with Gasteiger partial charge in [0.25, 0.3) is 0 Å². The number of nitrogens with zero attached hydrogens (tertiary/aromatic N) is 1. The molecule has 0 bridgehead atoms. The lowest BCUT2D eigenvalue weighted by Crippen LogP contribution is -2.29. The normalized spacial score (nSPS) is 12.1. The molecule has 0 aliphatic heterocycles. The number of rotatable bonds is 5. The fraction of sp³-hybridized carbons (Fsp3) is 0.231. The van der Waals surface area contributed by atoms with E-state index in [1.54, 1.807) is 23.0 Å². The molecule has 1 atom stereocenters. The van der Waals surface area contributed by atoms with Crippen LogP contribution in [0.5, 0.6) is 0 Å². The molecule has 0 saturated carbocycles. The van der Waals surface area contributed by atoms with E-state index in [-0.39, 0.29) is 5.97 Å². The molecule has 0 aliphatic rings. The Balaban J connectivity index is 2.09. The van der Waals surface area contributed by atoms with E-state index >= 15 is 0 Å². The molecule has 0 radical (unpaired) electrons. The Bertz CT molecular complexity index is 485. The summed E-state index contributed by atoms with van der Waals surface area (Å²) in [6.45, 7) is 0.597. The predicted molar refractivity (Wildman–Crippen MR) is 70.2 cm³/mol. The van der Waals surface area contributed by atoms with Gasteiger partial charge in [0, 0.05) is 17.6 Å². The molecule has 0 saturated heterocycles. The number of methoxy groups -OCH3 is 1. The van der Waals surface area contributed by atoms with Crippen LogP contribution in [-0.4, -0.2) is 18.1 Å². The van der Waals surface area contributed by atoms with E-state index < -0.39 is 6.04 Å². The smallest absolute Gasteiger partial charge is 0.327 e. The quantitative estimate of drug-likeness (QED) is 0.839. The average molecular weight is 262 g/mol. The number of carbonyl (C=O) groups is 1. The number of thiazole rings is 1. The summed E-state index contributed by atoms with van der Waals surface area (Å²) in [6, 6.07) is 9.08. The van der Waals surface area contributed by atoms with Crippen LogP contribution in [0.2, 0.25) is 0 Å². The van der Waals surface area contributed by atoms with Crippen LogP contribution in [-0.2, 0) is 16.1 Å². The Hall–Kier alpha value is -1.72. The fourth-order valence-electron chi connectivity index (χ4n) is 1.63. The molecule has 2 aromatic rings. The number of esters is 1. The molecule has 1 aromatic carbocycles. The summed E-state index contributed by atoms with van der Waals surface area (Å²) >= 11 is 1.55. The van der Waals surface area contributed by atoms with Crippen LogP contribution in [0.4, 0.5) is 0 Å². The number of nitrogens with one attached hydrogen (secondary N) is 1. The summed E-state index contributed by atoms with van der Waals surface area (Å²) in [7, 11) is 1.40. The summed E-state index contributed by atoms with van der Waals surface area (Å²) in [5.74, 6) is -0.286. The summed E-state index contributed by atoms with van der Waals surface area (Å²) in [4.78, 5) is 16.9. The first-order valence-corrected chi connectivity index (χ1v) is 6.42. The van der Waals surface area contributed by atoms with Gasteiger partial charge < -0.3 is 4.74 Å². The molecule has 2 rings (SSSR count). The maximum absolute atomic E-state index is 11.8. The molecular formula is C13H14N2O2S.